The summed E-state index contributed by atoms with van der Waals surface area (Å²) in [5.74, 6) is 1.32. The number of fused-ring (bicyclic) bond motifs is 1. The fourth-order valence-corrected chi connectivity index (χ4v) is 2.75. The van der Waals surface area contributed by atoms with E-state index in [2.05, 4.69) is 9.88 Å². The van der Waals surface area contributed by atoms with Crippen LogP contribution in [-0.2, 0) is 6.54 Å². The largest absolute Gasteiger partial charge is 0.439 e. The highest BCUT2D eigenvalue weighted by Crippen LogP contribution is 2.24. The van der Waals surface area contributed by atoms with Gasteiger partial charge in [0, 0.05) is 13.2 Å². The molecule has 5 nitrogen and oxygen atoms in total. The Balaban J connectivity index is 1.70. The van der Waals surface area contributed by atoms with Crippen molar-refractivity contribution >= 4 is 16.8 Å². The number of nitrogen functional groups attached to an aromatic ring is 1. The van der Waals surface area contributed by atoms with Gasteiger partial charge in [-0.25, -0.2) is 4.98 Å². The van der Waals surface area contributed by atoms with Gasteiger partial charge >= 0.3 is 0 Å². The second kappa shape index (κ2) is 5.19. The summed E-state index contributed by atoms with van der Waals surface area (Å²) in [5.41, 5.74) is 8.04. The SMILES string of the molecule is Nc1cccc2oc(CN3CCC(CCO)C3)nc12. The molecule has 0 spiro atoms. The maximum absolute atomic E-state index is 8.97. The van der Waals surface area contributed by atoms with Crippen molar-refractivity contribution in [2.75, 3.05) is 25.4 Å². The number of aromatic nitrogens is 1. The Morgan fingerprint density at radius 1 is 1.47 bits per heavy atom. The second-order valence-corrected chi connectivity index (χ2v) is 5.20. The van der Waals surface area contributed by atoms with E-state index in [0.717, 1.165) is 49.5 Å². The van der Waals surface area contributed by atoms with Crippen molar-refractivity contribution in [2.24, 2.45) is 5.92 Å². The van der Waals surface area contributed by atoms with Gasteiger partial charge in [-0.05, 0) is 37.4 Å². The third-order valence-corrected chi connectivity index (χ3v) is 3.76. The van der Waals surface area contributed by atoms with Crippen LogP contribution in [-0.4, -0.2) is 34.7 Å². The van der Waals surface area contributed by atoms with Crippen molar-refractivity contribution in [1.29, 1.82) is 0 Å². The summed E-state index contributed by atoms with van der Waals surface area (Å²) in [6.45, 7) is 3.04. The Kier molecular flexibility index (Phi) is 3.40. The molecule has 0 radical (unpaired) electrons. The van der Waals surface area contributed by atoms with Crippen molar-refractivity contribution in [2.45, 2.75) is 19.4 Å². The standard InChI is InChI=1S/C14H19N3O2/c15-11-2-1-3-12-14(11)16-13(19-12)9-17-6-4-10(8-17)5-7-18/h1-3,10,18H,4-9,15H2. The molecule has 0 saturated carbocycles. The van der Waals surface area contributed by atoms with E-state index in [1.807, 2.05) is 18.2 Å². The van der Waals surface area contributed by atoms with E-state index >= 15 is 0 Å². The first-order valence-electron chi connectivity index (χ1n) is 6.73. The number of hydrogen-bond donors (Lipinski definition) is 2. The van der Waals surface area contributed by atoms with Gasteiger partial charge in [0.1, 0.15) is 5.52 Å². The van der Waals surface area contributed by atoms with Crippen LogP contribution in [0.5, 0.6) is 0 Å². The molecule has 3 rings (SSSR count). The van der Waals surface area contributed by atoms with Gasteiger partial charge in [-0.1, -0.05) is 6.07 Å². The number of oxazole rings is 1. The fraction of sp³-hybridized carbons (Fsp3) is 0.500. The second-order valence-electron chi connectivity index (χ2n) is 5.20. The van der Waals surface area contributed by atoms with Crippen LogP contribution in [0.1, 0.15) is 18.7 Å². The van der Waals surface area contributed by atoms with E-state index in [0.29, 0.717) is 11.6 Å². The zero-order chi connectivity index (χ0) is 13.2. The molecular formula is C14H19N3O2. The molecule has 102 valence electrons. The first kappa shape index (κ1) is 12.4. The number of likely N-dealkylation sites (tertiary alicyclic amines) is 1. The minimum atomic E-state index is 0.276. The molecule has 19 heavy (non-hydrogen) atoms. The Morgan fingerprint density at radius 2 is 2.37 bits per heavy atom. The number of aliphatic hydroxyl groups is 1. The maximum Gasteiger partial charge on any atom is 0.209 e. The number of benzene rings is 1. The van der Waals surface area contributed by atoms with Crippen LogP contribution in [0.15, 0.2) is 22.6 Å². The molecule has 0 amide bonds. The molecule has 5 heteroatoms. The number of hydrogen-bond acceptors (Lipinski definition) is 5. The van der Waals surface area contributed by atoms with Crippen LogP contribution < -0.4 is 5.73 Å². The molecular weight excluding hydrogens is 242 g/mol. The number of nitrogens with zero attached hydrogens (tertiary/aromatic N) is 2. The molecule has 0 aliphatic carbocycles. The summed E-state index contributed by atoms with van der Waals surface area (Å²) in [5, 5.41) is 8.97. The van der Waals surface area contributed by atoms with Crippen molar-refractivity contribution in [3.05, 3.63) is 24.1 Å². The van der Waals surface area contributed by atoms with Crippen LogP contribution in [0.3, 0.4) is 0 Å². The molecule has 1 aromatic heterocycles. The molecule has 3 N–H and O–H groups in total. The lowest BCUT2D eigenvalue weighted by atomic mass is 10.1. The molecule has 0 bridgehead atoms. The topological polar surface area (TPSA) is 75.5 Å². The average Bonchev–Trinajstić information content (AvgIpc) is 2.98. The summed E-state index contributed by atoms with van der Waals surface area (Å²) >= 11 is 0. The summed E-state index contributed by atoms with van der Waals surface area (Å²) in [6.07, 6.45) is 2.03. The quantitative estimate of drug-likeness (QED) is 0.818. The Labute approximate surface area is 112 Å². The third kappa shape index (κ3) is 2.57. The van der Waals surface area contributed by atoms with Crippen molar-refractivity contribution in [3.63, 3.8) is 0 Å². The molecule has 1 aromatic carbocycles. The predicted octanol–water partition coefficient (Wildman–Crippen LogP) is 1.61. The monoisotopic (exact) mass is 261 g/mol. The summed E-state index contributed by atoms with van der Waals surface area (Å²) in [6, 6.07) is 5.60. The zero-order valence-corrected chi connectivity index (χ0v) is 10.9. The van der Waals surface area contributed by atoms with Crippen LogP contribution in [0.25, 0.3) is 11.1 Å². The fourth-order valence-electron chi connectivity index (χ4n) is 2.75. The average molecular weight is 261 g/mol. The van der Waals surface area contributed by atoms with E-state index in [1.165, 1.54) is 0 Å². The van der Waals surface area contributed by atoms with Gasteiger partial charge in [0.05, 0.1) is 12.2 Å². The summed E-state index contributed by atoms with van der Waals surface area (Å²) in [7, 11) is 0. The smallest absolute Gasteiger partial charge is 0.209 e. The first-order valence-corrected chi connectivity index (χ1v) is 6.73. The minimum absolute atomic E-state index is 0.276. The first-order chi connectivity index (χ1) is 9.26. The Hall–Kier alpha value is -1.59. The predicted molar refractivity (Wildman–Crippen MR) is 73.5 cm³/mol. The number of para-hydroxylation sites is 1. The highest BCUT2D eigenvalue weighted by Gasteiger charge is 2.23. The molecule has 1 aliphatic rings. The Bertz CT molecular complexity index is 567. The van der Waals surface area contributed by atoms with E-state index in [9.17, 15) is 0 Å². The molecule has 1 fully saturated rings. The number of rotatable bonds is 4. The molecule has 2 heterocycles. The van der Waals surface area contributed by atoms with E-state index < -0.39 is 0 Å². The summed E-state index contributed by atoms with van der Waals surface area (Å²) in [4.78, 5) is 6.78. The third-order valence-electron chi connectivity index (χ3n) is 3.76. The van der Waals surface area contributed by atoms with Gasteiger partial charge in [0.15, 0.2) is 5.58 Å². The van der Waals surface area contributed by atoms with Gasteiger partial charge in [-0.3, -0.25) is 4.90 Å². The van der Waals surface area contributed by atoms with Gasteiger partial charge in [-0.15, -0.1) is 0 Å². The van der Waals surface area contributed by atoms with Crippen molar-refractivity contribution in [1.82, 2.24) is 9.88 Å². The summed E-state index contributed by atoms with van der Waals surface area (Å²) < 4.78 is 5.72. The normalized spacial score (nSPS) is 20.4. The van der Waals surface area contributed by atoms with Gasteiger partial charge in [0.2, 0.25) is 5.89 Å². The molecule has 1 unspecified atom stereocenters. The lowest BCUT2D eigenvalue weighted by molar-refractivity contribution is 0.243. The van der Waals surface area contributed by atoms with Crippen molar-refractivity contribution < 1.29 is 9.52 Å². The van der Waals surface area contributed by atoms with Crippen LogP contribution in [0, 0.1) is 5.92 Å². The van der Waals surface area contributed by atoms with Gasteiger partial charge in [-0.2, -0.15) is 0 Å². The lowest BCUT2D eigenvalue weighted by Crippen LogP contribution is -2.20. The van der Waals surface area contributed by atoms with Crippen LogP contribution in [0.4, 0.5) is 5.69 Å². The van der Waals surface area contributed by atoms with Crippen LogP contribution >= 0.6 is 0 Å². The van der Waals surface area contributed by atoms with Gasteiger partial charge < -0.3 is 15.3 Å². The maximum atomic E-state index is 8.97. The highest BCUT2D eigenvalue weighted by atomic mass is 16.3. The molecule has 1 atom stereocenters. The highest BCUT2D eigenvalue weighted by molar-refractivity contribution is 5.85. The number of aliphatic hydroxyl groups excluding tert-OH is 1. The number of nitrogens with two attached hydrogens (primary N) is 1. The Morgan fingerprint density at radius 3 is 3.16 bits per heavy atom. The number of anilines is 1. The van der Waals surface area contributed by atoms with E-state index in [-0.39, 0.29) is 6.61 Å². The van der Waals surface area contributed by atoms with Gasteiger partial charge in [0.25, 0.3) is 0 Å². The molecule has 1 saturated heterocycles. The lowest BCUT2D eigenvalue weighted by Gasteiger charge is -2.12. The zero-order valence-electron chi connectivity index (χ0n) is 10.9. The van der Waals surface area contributed by atoms with E-state index in [1.54, 1.807) is 0 Å². The van der Waals surface area contributed by atoms with Crippen molar-refractivity contribution in [3.8, 4) is 0 Å². The van der Waals surface area contributed by atoms with Crippen LogP contribution in [0.2, 0.25) is 0 Å². The molecule has 2 aromatic rings. The minimum Gasteiger partial charge on any atom is -0.439 e. The molecule has 1 aliphatic heterocycles. The van der Waals surface area contributed by atoms with E-state index in [4.69, 9.17) is 15.3 Å².